The molecule has 0 aliphatic carbocycles. The van der Waals surface area contributed by atoms with Crippen molar-refractivity contribution in [3.8, 4) is 0 Å². The summed E-state index contributed by atoms with van der Waals surface area (Å²) in [5.74, 6) is -0.184. The second-order valence-electron chi connectivity index (χ2n) is 14.8. The summed E-state index contributed by atoms with van der Waals surface area (Å²) in [6.07, 6.45) is 41.7. The van der Waals surface area contributed by atoms with Gasteiger partial charge in [-0.3, -0.25) is 4.79 Å². The molecule has 0 saturated heterocycles. The van der Waals surface area contributed by atoms with Crippen LogP contribution < -0.4 is 5.32 Å². The molecule has 0 aromatic heterocycles. The molecule has 0 heterocycles. The summed E-state index contributed by atoms with van der Waals surface area (Å²) < 4.78 is 1.04. The average Bonchev–Trinajstić information content (AvgIpc) is 3.06. The Labute approximate surface area is 289 Å². The van der Waals surface area contributed by atoms with Crippen LogP contribution in [0.4, 0.5) is 0 Å². The van der Waals surface area contributed by atoms with Crippen LogP contribution in [-0.2, 0) is 4.79 Å². The first kappa shape index (κ1) is 45.1. The lowest BCUT2D eigenvalue weighted by molar-refractivity contribution is -0.931. The molecule has 0 radical (unpaired) electrons. The van der Waals surface area contributed by atoms with Crippen LogP contribution >= 0.6 is 0 Å². The molecule has 274 valence electrons. The molecule has 1 amide bonds. The highest BCUT2D eigenvalue weighted by molar-refractivity contribution is 5.86. The Hall–Kier alpha value is -0.870. The highest BCUT2D eigenvalue weighted by Crippen LogP contribution is 2.20. The highest BCUT2D eigenvalue weighted by Gasteiger charge is 2.29. The van der Waals surface area contributed by atoms with E-state index in [4.69, 9.17) is 0 Å². The van der Waals surface area contributed by atoms with Gasteiger partial charge in [0.05, 0.1) is 19.6 Å². The molecule has 0 aliphatic heterocycles. The van der Waals surface area contributed by atoms with Gasteiger partial charge in [-0.25, -0.2) is 0 Å². The molecule has 0 aromatic carbocycles. The van der Waals surface area contributed by atoms with Crippen LogP contribution in [0.5, 0.6) is 0 Å². The third-order valence-corrected chi connectivity index (χ3v) is 10.3. The number of aliphatic hydroxyl groups is 1. The molecule has 0 bridgehead atoms. The summed E-state index contributed by atoms with van der Waals surface area (Å²) in [6, 6.07) is 0. The highest BCUT2D eigenvalue weighted by atomic mass is 16.3. The zero-order chi connectivity index (χ0) is 33.8. The van der Waals surface area contributed by atoms with Crippen LogP contribution in [0.25, 0.3) is 0 Å². The predicted molar refractivity (Wildman–Crippen MR) is 204 cm³/mol. The van der Waals surface area contributed by atoms with Gasteiger partial charge in [0.25, 0.3) is 0 Å². The largest absolute Gasteiger partial charge is 0.385 e. The number of hydrogen-bond donors (Lipinski definition) is 2. The molecule has 0 fully saturated rings. The standard InChI is InChI=1S/C42H84N2O2/c1-5-9-12-15-18-21-24-27-30-33-36-44(40-41(45)39-43-42(46)8-4,37-34-31-28-25-22-19-16-13-10-6-2)38-35-32-29-26-23-20-17-14-11-7-3/h8,41,45H,4-7,9-40H2,1-3H3/p+1. The number of hydrogen-bond acceptors (Lipinski definition) is 2. The minimum Gasteiger partial charge on any atom is -0.385 e. The number of carbonyl (C=O) groups is 1. The van der Waals surface area contributed by atoms with E-state index in [0.29, 0.717) is 6.54 Å². The van der Waals surface area contributed by atoms with Crippen LogP contribution in [0.15, 0.2) is 12.7 Å². The van der Waals surface area contributed by atoms with E-state index in [1.807, 2.05) is 0 Å². The van der Waals surface area contributed by atoms with Crippen molar-refractivity contribution in [2.75, 3.05) is 32.7 Å². The van der Waals surface area contributed by atoms with Gasteiger partial charge in [0.2, 0.25) is 5.91 Å². The molecule has 46 heavy (non-hydrogen) atoms. The first-order valence-electron chi connectivity index (χ1n) is 21.0. The van der Waals surface area contributed by atoms with Gasteiger partial charge in [0.1, 0.15) is 12.6 Å². The molecule has 1 unspecified atom stereocenters. The number of nitrogens with zero attached hydrogens (tertiary/aromatic N) is 1. The molecule has 4 nitrogen and oxygen atoms in total. The molecule has 0 aromatic rings. The molecule has 0 saturated carbocycles. The number of quaternary nitrogens is 1. The van der Waals surface area contributed by atoms with Crippen molar-refractivity contribution in [2.24, 2.45) is 0 Å². The maximum Gasteiger partial charge on any atom is 0.243 e. The summed E-state index contributed by atoms with van der Waals surface area (Å²) in [5, 5.41) is 14.0. The molecule has 4 heteroatoms. The lowest BCUT2D eigenvalue weighted by Crippen LogP contribution is -2.55. The minimum absolute atomic E-state index is 0.184. The predicted octanol–water partition coefficient (Wildman–Crippen LogP) is 12.2. The maximum absolute atomic E-state index is 11.8. The normalized spacial score (nSPS) is 12.4. The van der Waals surface area contributed by atoms with Gasteiger partial charge in [-0.1, -0.05) is 181 Å². The van der Waals surface area contributed by atoms with E-state index in [1.54, 1.807) is 0 Å². The van der Waals surface area contributed by atoms with Crippen molar-refractivity contribution in [1.29, 1.82) is 0 Å². The van der Waals surface area contributed by atoms with Crippen molar-refractivity contribution in [2.45, 2.75) is 219 Å². The molecule has 0 rings (SSSR count). The average molecular weight is 650 g/mol. The molecule has 1 atom stereocenters. The van der Waals surface area contributed by atoms with Crippen molar-refractivity contribution < 1.29 is 14.4 Å². The molecular formula is C42H85N2O2+. The van der Waals surface area contributed by atoms with Gasteiger partial charge in [-0.05, 0) is 44.6 Å². The Morgan fingerprint density at radius 3 is 1.04 bits per heavy atom. The Balaban J connectivity index is 4.99. The monoisotopic (exact) mass is 650 g/mol. The molecule has 2 N–H and O–H groups in total. The van der Waals surface area contributed by atoms with E-state index in [9.17, 15) is 9.90 Å². The minimum atomic E-state index is -0.502. The topological polar surface area (TPSA) is 49.3 Å². The third-order valence-electron chi connectivity index (χ3n) is 10.3. The van der Waals surface area contributed by atoms with Gasteiger partial charge in [-0.15, -0.1) is 0 Å². The summed E-state index contributed by atoms with van der Waals surface area (Å²) in [4.78, 5) is 11.8. The van der Waals surface area contributed by atoms with Crippen molar-refractivity contribution >= 4 is 5.91 Å². The van der Waals surface area contributed by atoms with Crippen LogP contribution in [0, 0.1) is 0 Å². The second kappa shape index (κ2) is 35.4. The fourth-order valence-electron chi connectivity index (χ4n) is 7.22. The van der Waals surface area contributed by atoms with Crippen LogP contribution in [-0.4, -0.2) is 54.3 Å². The van der Waals surface area contributed by atoms with Gasteiger partial charge < -0.3 is 14.9 Å². The van der Waals surface area contributed by atoms with Crippen molar-refractivity contribution in [3.05, 3.63) is 12.7 Å². The number of amides is 1. The Morgan fingerprint density at radius 2 is 0.783 bits per heavy atom. The smallest absolute Gasteiger partial charge is 0.243 e. The fourth-order valence-corrected chi connectivity index (χ4v) is 7.22. The Bertz CT molecular complexity index is 577. The number of aliphatic hydroxyl groups excluding tert-OH is 1. The van der Waals surface area contributed by atoms with Crippen molar-refractivity contribution in [3.63, 3.8) is 0 Å². The summed E-state index contributed by atoms with van der Waals surface area (Å²) >= 11 is 0. The Kier molecular flexibility index (Phi) is 34.8. The van der Waals surface area contributed by atoms with Gasteiger partial charge in [0.15, 0.2) is 0 Å². The molecular weight excluding hydrogens is 564 g/mol. The van der Waals surface area contributed by atoms with Gasteiger partial charge in [-0.2, -0.15) is 0 Å². The van der Waals surface area contributed by atoms with E-state index in [2.05, 4.69) is 32.7 Å². The summed E-state index contributed by atoms with van der Waals surface area (Å²) in [6.45, 7) is 15.1. The lowest BCUT2D eigenvalue weighted by Gasteiger charge is -2.41. The number of unbranched alkanes of at least 4 members (excludes halogenated alkanes) is 27. The maximum atomic E-state index is 11.8. The quantitative estimate of drug-likeness (QED) is 0.0397. The lowest BCUT2D eigenvalue weighted by atomic mass is 10.0. The van der Waals surface area contributed by atoms with E-state index >= 15 is 0 Å². The van der Waals surface area contributed by atoms with E-state index in [1.165, 1.54) is 218 Å². The Morgan fingerprint density at radius 1 is 0.522 bits per heavy atom. The fraction of sp³-hybridized carbons (Fsp3) is 0.929. The zero-order valence-electron chi connectivity index (χ0n) is 31.9. The number of rotatable bonds is 38. The number of nitrogens with one attached hydrogen (secondary N) is 1. The van der Waals surface area contributed by atoms with Gasteiger partial charge in [0, 0.05) is 6.54 Å². The van der Waals surface area contributed by atoms with Crippen molar-refractivity contribution in [1.82, 2.24) is 5.32 Å². The van der Waals surface area contributed by atoms with Crippen LogP contribution in [0.1, 0.15) is 213 Å². The second-order valence-corrected chi connectivity index (χ2v) is 14.8. The third kappa shape index (κ3) is 30.5. The van der Waals surface area contributed by atoms with Crippen LogP contribution in [0.3, 0.4) is 0 Å². The van der Waals surface area contributed by atoms with E-state index in [-0.39, 0.29) is 5.91 Å². The zero-order valence-corrected chi connectivity index (χ0v) is 31.9. The van der Waals surface area contributed by atoms with Crippen LogP contribution in [0.2, 0.25) is 0 Å². The van der Waals surface area contributed by atoms with E-state index < -0.39 is 6.10 Å². The van der Waals surface area contributed by atoms with Gasteiger partial charge >= 0.3 is 0 Å². The molecule has 0 spiro atoms. The SMILES string of the molecule is C=CC(=O)NCC(O)C[N+](CCCCCCCCCCCC)(CCCCCCCCCCCC)CCCCCCCCCCCC. The summed E-state index contributed by atoms with van der Waals surface area (Å²) in [7, 11) is 0. The van der Waals surface area contributed by atoms with E-state index in [0.717, 1.165) is 11.0 Å². The first-order chi connectivity index (χ1) is 22.5. The summed E-state index contributed by atoms with van der Waals surface area (Å²) in [5.41, 5.74) is 0. The number of carbonyl (C=O) groups excluding carboxylic acids is 1. The molecule has 0 aliphatic rings. The first-order valence-corrected chi connectivity index (χ1v) is 21.0.